The highest BCUT2D eigenvalue weighted by atomic mass is 32.2. The van der Waals surface area contributed by atoms with Crippen molar-refractivity contribution in [1.29, 1.82) is 0 Å². The Balaban J connectivity index is 2.51. The van der Waals surface area contributed by atoms with Crippen molar-refractivity contribution in [1.82, 2.24) is 5.32 Å². The van der Waals surface area contributed by atoms with Gasteiger partial charge >= 0.3 is 0 Å². The van der Waals surface area contributed by atoms with E-state index in [0.29, 0.717) is 17.2 Å². The van der Waals surface area contributed by atoms with E-state index in [0.717, 1.165) is 16.3 Å². The van der Waals surface area contributed by atoms with Crippen LogP contribution in [0.25, 0.3) is 0 Å². The first-order chi connectivity index (χ1) is 13.7. The van der Waals surface area contributed by atoms with Gasteiger partial charge in [-0.25, -0.2) is 8.42 Å². The van der Waals surface area contributed by atoms with Crippen LogP contribution in [0.5, 0.6) is 11.5 Å². The van der Waals surface area contributed by atoms with Gasteiger partial charge in [0.2, 0.25) is 5.91 Å². The van der Waals surface area contributed by atoms with Crippen LogP contribution in [0.1, 0.15) is 25.8 Å². The van der Waals surface area contributed by atoms with Gasteiger partial charge in [0.15, 0.2) is 11.5 Å². The fraction of sp³-hybridized carbons (Fsp3) is 0.381. The Kier molecular flexibility index (Phi) is 7.50. The Hall–Kier alpha value is -2.74. The minimum Gasteiger partial charge on any atom is -0.493 e. The average molecular weight is 421 g/mol. The number of amides is 1. The van der Waals surface area contributed by atoms with E-state index in [1.165, 1.54) is 26.4 Å². The van der Waals surface area contributed by atoms with Gasteiger partial charge in [0, 0.05) is 12.1 Å². The molecular formula is C21H28N2O5S. The molecule has 0 unspecified atom stereocenters. The summed E-state index contributed by atoms with van der Waals surface area (Å²) >= 11 is 0. The number of nitrogens with zero attached hydrogens (tertiary/aromatic N) is 1. The number of carbonyl (C=O) groups is 1. The van der Waals surface area contributed by atoms with Crippen LogP contribution in [0.15, 0.2) is 47.4 Å². The number of rotatable bonds is 9. The number of methoxy groups -OCH3 is 2. The minimum atomic E-state index is -3.98. The molecule has 0 saturated heterocycles. The first-order valence-electron chi connectivity index (χ1n) is 9.33. The summed E-state index contributed by atoms with van der Waals surface area (Å²) < 4.78 is 38.3. The molecule has 0 radical (unpaired) electrons. The van der Waals surface area contributed by atoms with E-state index in [1.54, 1.807) is 30.3 Å². The quantitative estimate of drug-likeness (QED) is 0.674. The minimum absolute atomic E-state index is 0.0585. The van der Waals surface area contributed by atoms with Crippen molar-refractivity contribution in [3.05, 3.63) is 48.0 Å². The number of sulfonamides is 1. The first kappa shape index (κ1) is 22.5. The monoisotopic (exact) mass is 420 g/mol. The maximum absolute atomic E-state index is 13.4. The summed E-state index contributed by atoms with van der Waals surface area (Å²) in [4.78, 5) is 12.6. The SMILES string of the molecule is CC[C@H](C)NC(=O)CN(c1ccc(OC)c(OC)c1)S(=O)(=O)c1ccc(C)cc1. The molecule has 0 heterocycles. The zero-order valence-electron chi connectivity index (χ0n) is 17.4. The highest BCUT2D eigenvalue weighted by Crippen LogP contribution is 2.33. The van der Waals surface area contributed by atoms with Crippen LogP contribution in [0, 0.1) is 6.92 Å². The van der Waals surface area contributed by atoms with E-state index >= 15 is 0 Å². The highest BCUT2D eigenvalue weighted by Gasteiger charge is 2.28. The lowest BCUT2D eigenvalue weighted by molar-refractivity contribution is -0.120. The molecule has 29 heavy (non-hydrogen) atoms. The molecule has 7 nitrogen and oxygen atoms in total. The van der Waals surface area contributed by atoms with Crippen molar-refractivity contribution >= 4 is 21.6 Å². The average Bonchev–Trinajstić information content (AvgIpc) is 2.71. The van der Waals surface area contributed by atoms with E-state index in [2.05, 4.69) is 5.32 Å². The maximum atomic E-state index is 13.4. The second kappa shape index (κ2) is 9.65. The zero-order chi connectivity index (χ0) is 21.6. The maximum Gasteiger partial charge on any atom is 0.264 e. The number of anilines is 1. The predicted octanol–water partition coefficient (Wildman–Crippen LogP) is 3.12. The number of ether oxygens (including phenoxy) is 2. The largest absolute Gasteiger partial charge is 0.493 e. The van der Waals surface area contributed by atoms with Crippen LogP contribution in [0.2, 0.25) is 0 Å². The Labute approximate surface area is 172 Å². The Bertz CT molecular complexity index is 942. The van der Waals surface area contributed by atoms with E-state index in [4.69, 9.17) is 9.47 Å². The molecule has 1 amide bonds. The molecule has 2 aromatic rings. The molecule has 2 rings (SSSR count). The van der Waals surface area contributed by atoms with Gasteiger partial charge in [-0.3, -0.25) is 9.10 Å². The molecule has 0 aliphatic heterocycles. The number of nitrogens with one attached hydrogen (secondary N) is 1. The van der Waals surface area contributed by atoms with E-state index < -0.39 is 10.0 Å². The molecule has 0 aliphatic rings. The molecule has 0 spiro atoms. The van der Waals surface area contributed by atoms with Gasteiger partial charge in [-0.15, -0.1) is 0 Å². The number of carbonyl (C=O) groups excluding carboxylic acids is 1. The second-order valence-electron chi connectivity index (χ2n) is 6.74. The molecule has 0 bridgehead atoms. The fourth-order valence-electron chi connectivity index (χ4n) is 2.69. The predicted molar refractivity (Wildman–Crippen MR) is 113 cm³/mol. The van der Waals surface area contributed by atoms with Crippen molar-refractivity contribution in [3.8, 4) is 11.5 Å². The van der Waals surface area contributed by atoms with E-state index in [9.17, 15) is 13.2 Å². The van der Waals surface area contributed by atoms with E-state index in [-0.39, 0.29) is 23.4 Å². The van der Waals surface area contributed by atoms with E-state index in [1.807, 2.05) is 20.8 Å². The molecule has 1 atom stereocenters. The number of aryl methyl sites for hydroxylation is 1. The first-order valence-corrected chi connectivity index (χ1v) is 10.8. The Morgan fingerprint density at radius 2 is 1.69 bits per heavy atom. The molecule has 158 valence electrons. The summed E-state index contributed by atoms with van der Waals surface area (Å²) in [6.07, 6.45) is 0.743. The summed E-state index contributed by atoms with van der Waals surface area (Å²) in [7, 11) is -1.01. The molecule has 0 aromatic heterocycles. The van der Waals surface area contributed by atoms with Crippen molar-refractivity contribution in [2.24, 2.45) is 0 Å². The molecule has 0 saturated carbocycles. The van der Waals surface area contributed by atoms with Gasteiger partial charge in [0.1, 0.15) is 6.54 Å². The van der Waals surface area contributed by atoms with Crippen LogP contribution in [-0.2, 0) is 14.8 Å². The van der Waals surface area contributed by atoms with Gasteiger partial charge in [-0.1, -0.05) is 24.6 Å². The number of benzene rings is 2. The van der Waals surface area contributed by atoms with Gasteiger partial charge in [-0.2, -0.15) is 0 Å². The van der Waals surface area contributed by atoms with Gasteiger partial charge in [0.25, 0.3) is 10.0 Å². The van der Waals surface area contributed by atoms with Crippen LogP contribution >= 0.6 is 0 Å². The lowest BCUT2D eigenvalue weighted by atomic mass is 10.2. The summed E-state index contributed by atoms with van der Waals surface area (Å²) in [5, 5.41) is 2.81. The Morgan fingerprint density at radius 3 is 2.24 bits per heavy atom. The Morgan fingerprint density at radius 1 is 1.07 bits per heavy atom. The number of hydrogen-bond acceptors (Lipinski definition) is 5. The second-order valence-corrected chi connectivity index (χ2v) is 8.60. The molecule has 0 fully saturated rings. The number of hydrogen-bond donors (Lipinski definition) is 1. The van der Waals surface area contributed by atoms with Crippen molar-refractivity contribution in [3.63, 3.8) is 0 Å². The highest BCUT2D eigenvalue weighted by molar-refractivity contribution is 7.92. The summed E-state index contributed by atoms with van der Waals surface area (Å²) in [5.41, 5.74) is 1.25. The normalized spacial score (nSPS) is 12.2. The van der Waals surface area contributed by atoms with Crippen molar-refractivity contribution in [2.75, 3.05) is 25.1 Å². The standard InChI is InChI=1S/C21H28N2O5S/c1-6-16(3)22-21(24)14-23(17-9-12-19(27-4)20(13-17)28-5)29(25,26)18-10-7-15(2)8-11-18/h7-13,16H,6,14H2,1-5H3,(H,22,24)/t16-/m0/s1. The van der Waals surface area contributed by atoms with Gasteiger partial charge in [0.05, 0.1) is 24.8 Å². The van der Waals surface area contributed by atoms with Crippen LogP contribution in [-0.4, -0.2) is 41.1 Å². The van der Waals surface area contributed by atoms with Crippen LogP contribution < -0.4 is 19.1 Å². The van der Waals surface area contributed by atoms with Crippen molar-refractivity contribution < 1.29 is 22.7 Å². The molecule has 0 aliphatic carbocycles. The molecule has 1 N–H and O–H groups in total. The lowest BCUT2D eigenvalue weighted by Crippen LogP contribution is -2.43. The third kappa shape index (κ3) is 5.41. The van der Waals surface area contributed by atoms with Crippen LogP contribution in [0.4, 0.5) is 5.69 Å². The molecular weight excluding hydrogens is 392 g/mol. The molecule has 8 heteroatoms. The topological polar surface area (TPSA) is 84.9 Å². The van der Waals surface area contributed by atoms with Crippen LogP contribution in [0.3, 0.4) is 0 Å². The summed E-state index contributed by atoms with van der Waals surface area (Å²) in [5.74, 6) is 0.453. The zero-order valence-corrected chi connectivity index (χ0v) is 18.2. The molecule has 2 aromatic carbocycles. The van der Waals surface area contributed by atoms with Crippen molar-refractivity contribution in [2.45, 2.75) is 38.1 Å². The lowest BCUT2D eigenvalue weighted by Gasteiger charge is -2.25. The smallest absolute Gasteiger partial charge is 0.264 e. The third-order valence-corrected chi connectivity index (χ3v) is 6.36. The van der Waals surface area contributed by atoms with Gasteiger partial charge in [-0.05, 0) is 44.5 Å². The summed E-state index contributed by atoms with van der Waals surface area (Å²) in [6, 6.07) is 11.2. The van der Waals surface area contributed by atoms with Gasteiger partial charge < -0.3 is 14.8 Å². The fourth-order valence-corrected chi connectivity index (χ4v) is 4.10. The third-order valence-electron chi connectivity index (χ3n) is 4.57. The summed E-state index contributed by atoms with van der Waals surface area (Å²) in [6.45, 7) is 5.34.